The third kappa shape index (κ3) is 4.35. The van der Waals surface area contributed by atoms with E-state index in [1.807, 2.05) is 0 Å². The van der Waals surface area contributed by atoms with Crippen molar-refractivity contribution in [2.45, 2.75) is 18.9 Å². The summed E-state index contributed by atoms with van der Waals surface area (Å²) in [6, 6.07) is 4.84. The van der Waals surface area contributed by atoms with E-state index in [1.165, 1.54) is 12.4 Å². The van der Waals surface area contributed by atoms with Gasteiger partial charge >= 0.3 is 0 Å². The minimum Gasteiger partial charge on any atom is -0.376 e. The predicted molar refractivity (Wildman–Crippen MR) is 93.9 cm³/mol. The summed E-state index contributed by atoms with van der Waals surface area (Å²) in [4.78, 5) is 20.5. The van der Waals surface area contributed by atoms with Crippen molar-refractivity contribution in [2.75, 3.05) is 23.8 Å². The standard InChI is InChI=1S/C16H16Cl2N4O2/c17-10-3-4-12(18)13(6-10)22-16(23)14-8-21-15(9-19-14)20-7-11-2-1-5-24-11/h3-4,6,8-9,11H,1-2,5,7H2,(H,20,21)(H,22,23). The van der Waals surface area contributed by atoms with E-state index in [0.717, 1.165) is 19.4 Å². The predicted octanol–water partition coefficient (Wildman–Crippen LogP) is 3.63. The van der Waals surface area contributed by atoms with Crippen molar-refractivity contribution in [3.63, 3.8) is 0 Å². The molecule has 1 aliphatic heterocycles. The first-order valence-electron chi connectivity index (χ1n) is 7.56. The Morgan fingerprint density at radius 2 is 2.17 bits per heavy atom. The Kier molecular flexibility index (Phi) is 5.50. The van der Waals surface area contributed by atoms with Gasteiger partial charge < -0.3 is 15.4 Å². The minimum absolute atomic E-state index is 0.189. The number of hydrogen-bond donors (Lipinski definition) is 2. The van der Waals surface area contributed by atoms with Gasteiger partial charge in [0.15, 0.2) is 0 Å². The fourth-order valence-corrected chi connectivity index (χ4v) is 2.68. The highest BCUT2D eigenvalue weighted by molar-refractivity contribution is 6.35. The molecule has 1 aliphatic rings. The molecule has 1 aromatic carbocycles. The van der Waals surface area contributed by atoms with Crippen molar-refractivity contribution in [2.24, 2.45) is 0 Å². The van der Waals surface area contributed by atoms with Gasteiger partial charge in [-0.2, -0.15) is 0 Å². The highest BCUT2D eigenvalue weighted by Gasteiger charge is 2.15. The average molecular weight is 367 g/mol. The second-order valence-electron chi connectivity index (χ2n) is 5.38. The highest BCUT2D eigenvalue weighted by Crippen LogP contribution is 2.25. The molecule has 0 spiro atoms. The van der Waals surface area contributed by atoms with Crippen LogP contribution in [0, 0.1) is 0 Å². The van der Waals surface area contributed by atoms with Gasteiger partial charge in [-0.15, -0.1) is 0 Å². The number of amides is 1. The average Bonchev–Trinajstić information content (AvgIpc) is 3.10. The van der Waals surface area contributed by atoms with Crippen molar-refractivity contribution < 1.29 is 9.53 Å². The molecule has 6 nitrogen and oxygen atoms in total. The number of benzene rings is 1. The third-order valence-electron chi connectivity index (χ3n) is 3.60. The van der Waals surface area contributed by atoms with Gasteiger partial charge in [0.25, 0.3) is 5.91 Å². The van der Waals surface area contributed by atoms with E-state index >= 15 is 0 Å². The summed E-state index contributed by atoms with van der Waals surface area (Å²) < 4.78 is 5.53. The number of ether oxygens (including phenoxy) is 1. The number of carbonyl (C=O) groups excluding carboxylic acids is 1. The van der Waals surface area contributed by atoms with Gasteiger partial charge in [-0.05, 0) is 31.0 Å². The summed E-state index contributed by atoms with van der Waals surface area (Å²) in [5, 5.41) is 6.70. The first-order chi connectivity index (χ1) is 11.6. The first kappa shape index (κ1) is 17.0. The number of halogens is 2. The molecule has 1 saturated heterocycles. The van der Waals surface area contributed by atoms with E-state index in [-0.39, 0.29) is 11.8 Å². The molecule has 3 rings (SSSR count). The van der Waals surface area contributed by atoms with Crippen molar-refractivity contribution in [3.05, 3.63) is 46.3 Å². The summed E-state index contributed by atoms with van der Waals surface area (Å²) in [7, 11) is 0. The Morgan fingerprint density at radius 3 is 2.88 bits per heavy atom. The molecule has 1 amide bonds. The van der Waals surface area contributed by atoms with Crippen LogP contribution in [0.5, 0.6) is 0 Å². The summed E-state index contributed by atoms with van der Waals surface area (Å²) in [5.74, 6) is 0.195. The van der Waals surface area contributed by atoms with Gasteiger partial charge in [-0.3, -0.25) is 4.79 Å². The minimum atomic E-state index is -0.405. The molecular formula is C16H16Cl2N4O2. The first-order valence-corrected chi connectivity index (χ1v) is 8.31. The van der Waals surface area contributed by atoms with Crippen molar-refractivity contribution in [1.29, 1.82) is 0 Å². The molecule has 0 bridgehead atoms. The van der Waals surface area contributed by atoms with Crippen molar-refractivity contribution >= 4 is 40.6 Å². The fraction of sp³-hybridized carbons (Fsp3) is 0.312. The lowest BCUT2D eigenvalue weighted by Gasteiger charge is -2.11. The van der Waals surface area contributed by atoms with Crippen LogP contribution in [0.4, 0.5) is 11.5 Å². The number of nitrogens with zero attached hydrogens (tertiary/aromatic N) is 2. The van der Waals surface area contributed by atoms with E-state index in [4.69, 9.17) is 27.9 Å². The maximum atomic E-state index is 12.2. The van der Waals surface area contributed by atoms with Crippen molar-refractivity contribution in [3.8, 4) is 0 Å². The third-order valence-corrected chi connectivity index (χ3v) is 4.16. The number of carbonyl (C=O) groups is 1. The Hall–Kier alpha value is -1.89. The highest BCUT2D eigenvalue weighted by atomic mass is 35.5. The van der Waals surface area contributed by atoms with Crippen LogP contribution in [-0.4, -0.2) is 35.1 Å². The van der Waals surface area contributed by atoms with Crippen molar-refractivity contribution in [1.82, 2.24) is 9.97 Å². The number of aromatic nitrogens is 2. The zero-order valence-corrected chi connectivity index (χ0v) is 14.3. The Balaban J connectivity index is 1.59. The van der Waals surface area contributed by atoms with Crippen LogP contribution in [0.2, 0.25) is 10.0 Å². The lowest BCUT2D eigenvalue weighted by Crippen LogP contribution is -2.19. The zero-order chi connectivity index (χ0) is 16.9. The largest absolute Gasteiger partial charge is 0.376 e. The van der Waals surface area contributed by atoms with Crippen LogP contribution in [-0.2, 0) is 4.74 Å². The number of rotatable bonds is 5. The summed E-state index contributed by atoms with van der Waals surface area (Å²) in [6.45, 7) is 1.49. The van der Waals surface area contributed by atoms with Crippen LogP contribution >= 0.6 is 23.2 Å². The van der Waals surface area contributed by atoms with Gasteiger partial charge in [0, 0.05) is 18.2 Å². The van der Waals surface area contributed by atoms with E-state index < -0.39 is 5.91 Å². The molecule has 0 radical (unpaired) electrons. The summed E-state index contributed by atoms with van der Waals surface area (Å²) >= 11 is 11.9. The van der Waals surface area contributed by atoms with Crippen LogP contribution in [0.1, 0.15) is 23.3 Å². The molecule has 1 aromatic heterocycles. The number of anilines is 2. The Labute approximate surface area is 149 Å². The monoisotopic (exact) mass is 366 g/mol. The van der Waals surface area contributed by atoms with E-state index in [1.54, 1.807) is 18.2 Å². The Morgan fingerprint density at radius 1 is 1.29 bits per heavy atom. The van der Waals surface area contributed by atoms with Crippen LogP contribution in [0.15, 0.2) is 30.6 Å². The van der Waals surface area contributed by atoms with Crippen LogP contribution < -0.4 is 10.6 Å². The van der Waals surface area contributed by atoms with Gasteiger partial charge in [0.05, 0.1) is 29.2 Å². The maximum absolute atomic E-state index is 12.2. The van der Waals surface area contributed by atoms with E-state index in [9.17, 15) is 4.79 Å². The maximum Gasteiger partial charge on any atom is 0.275 e. The smallest absolute Gasteiger partial charge is 0.275 e. The number of nitrogens with one attached hydrogen (secondary N) is 2. The molecule has 1 unspecified atom stereocenters. The normalized spacial score (nSPS) is 16.8. The van der Waals surface area contributed by atoms with Gasteiger partial charge in [0.2, 0.25) is 0 Å². The van der Waals surface area contributed by atoms with Crippen LogP contribution in [0.3, 0.4) is 0 Å². The van der Waals surface area contributed by atoms with Gasteiger partial charge in [-0.1, -0.05) is 23.2 Å². The topological polar surface area (TPSA) is 76.1 Å². The molecule has 8 heteroatoms. The second kappa shape index (κ2) is 7.79. The molecule has 24 heavy (non-hydrogen) atoms. The molecule has 0 saturated carbocycles. The molecule has 0 aliphatic carbocycles. The van der Waals surface area contributed by atoms with E-state index in [2.05, 4.69) is 20.6 Å². The molecule has 126 valence electrons. The van der Waals surface area contributed by atoms with Crippen LogP contribution in [0.25, 0.3) is 0 Å². The quantitative estimate of drug-likeness (QED) is 0.844. The lowest BCUT2D eigenvalue weighted by atomic mass is 10.2. The summed E-state index contributed by atoms with van der Waals surface area (Å²) in [5.41, 5.74) is 0.616. The zero-order valence-electron chi connectivity index (χ0n) is 12.8. The molecular weight excluding hydrogens is 351 g/mol. The number of hydrogen-bond acceptors (Lipinski definition) is 5. The molecule has 2 N–H and O–H groups in total. The Bertz CT molecular complexity index is 719. The SMILES string of the molecule is O=C(Nc1cc(Cl)ccc1Cl)c1cnc(NCC2CCCO2)cn1. The van der Waals surface area contributed by atoms with E-state index in [0.29, 0.717) is 28.1 Å². The molecule has 1 atom stereocenters. The molecule has 2 aromatic rings. The second-order valence-corrected chi connectivity index (χ2v) is 6.22. The summed E-state index contributed by atoms with van der Waals surface area (Å²) in [6.07, 6.45) is 5.26. The lowest BCUT2D eigenvalue weighted by molar-refractivity contribution is 0.102. The molecule has 2 heterocycles. The fourth-order valence-electron chi connectivity index (χ4n) is 2.34. The van der Waals surface area contributed by atoms with Gasteiger partial charge in [0.1, 0.15) is 11.5 Å². The van der Waals surface area contributed by atoms with Gasteiger partial charge in [-0.25, -0.2) is 9.97 Å². The molecule has 1 fully saturated rings.